The summed E-state index contributed by atoms with van der Waals surface area (Å²) >= 11 is 0. The van der Waals surface area contributed by atoms with Gasteiger partial charge in [0.15, 0.2) is 6.61 Å². The molecule has 9 heteroatoms. The molecular formula is C19H17FN4O4. The monoisotopic (exact) mass is 384 g/mol. The number of imidazole rings is 1. The van der Waals surface area contributed by atoms with E-state index >= 15 is 0 Å². The van der Waals surface area contributed by atoms with Crippen LogP contribution in [0.3, 0.4) is 0 Å². The first kappa shape index (κ1) is 19.0. The van der Waals surface area contributed by atoms with Gasteiger partial charge in [-0.1, -0.05) is 24.3 Å². The molecule has 0 saturated heterocycles. The Balaban J connectivity index is 1.75. The predicted octanol–water partition coefficient (Wildman–Crippen LogP) is 2.75. The van der Waals surface area contributed by atoms with Crippen LogP contribution in [0.25, 0.3) is 0 Å². The molecule has 1 aromatic heterocycles. The molecular weight excluding hydrogens is 367 g/mol. The van der Waals surface area contributed by atoms with E-state index in [4.69, 9.17) is 4.74 Å². The van der Waals surface area contributed by atoms with E-state index in [1.165, 1.54) is 30.3 Å². The average molecular weight is 384 g/mol. The van der Waals surface area contributed by atoms with Crippen molar-refractivity contribution in [3.8, 4) is 5.75 Å². The second-order valence-corrected chi connectivity index (χ2v) is 5.96. The van der Waals surface area contributed by atoms with Crippen LogP contribution < -0.4 is 10.1 Å². The molecule has 8 nitrogen and oxygen atoms in total. The summed E-state index contributed by atoms with van der Waals surface area (Å²) in [7, 11) is 1.74. The van der Waals surface area contributed by atoms with E-state index in [0.29, 0.717) is 5.82 Å². The summed E-state index contributed by atoms with van der Waals surface area (Å²) in [6, 6.07) is 10.8. The molecule has 2 aromatic carbocycles. The molecule has 1 N–H and O–H groups in total. The van der Waals surface area contributed by atoms with E-state index < -0.39 is 29.3 Å². The number of aromatic nitrogens is 2. The van der Waals surface area contributed by atoms with Crippen LogP contribution in [0.5, 0.6) is 5.75 Å². The van der Waals surface area contributed by atoms with E-state index in [1.54, 1.807) is 42.2 Å². The maximum absolute atomic E-state index is 14.3. The van der Waals surface area contributed by atoms with Gasteiger partial charge in [0.25, 0.3) is 11.6 Å². The molecule has 0 fully saturated rings. The summed E-state index contributed by atoms with van der Waals surface area (Å²) in [5, 5.41) is 13.5. The molecule has 0 aliphatic rings. The van der Waals surface area contributed by atoms with E-state index in [2.05, 4.69) is 10.3 Å². The number of nitrogens with one attached hydrogen (secondary N) is 1. The van der Waals surface area contributed by atoms with Gasteiger partial charge in [-0.05, 0) is 12.1 Å². The minimum Gasteiger partial charge on any atom is -0.484 e. The van der Waals surface area contributed by atoms with Crippen LogP contribution in [0.15, 0.2) is 60.9 Å². The van der Waals surface area contributed by atoms with E-state index in [0.717, 1.165) is 0 Å². The third-order valence-corrected chi connectivity index (χ3v) is 4.04. The number of hydrogen-bond donors (Lipinski definition) is 1. The molecule has 0 aliphatic heterocycles. The highest BCUT2D eigenvalue weighted by Crippen LogP contribution is 2.23. The van der Waals surface area contributed by atoms with Gasteiger partial charge in [-0.15, -0.1) is 0 Å². The third-order valence-electron chi connectivity index (χ3n) is 4.04. The second-order valence-electron chi connectivity index (χ2n) is 5.96. The number of ether oxygens (including phenoxy) is 1. The molecule has 0 aliphatic carbocycles. The molecule has 1 atom stereocenters. The van der Waals surface area contributed by atoms with Gasteiger partial charge in [-0.2, -0.15) is 0 Å². The van der Waals surface area contributed by atoms with Crippen molar-refractivity contribution in [3.05, 3.63) is 88.2 Å². The molecule has 28 heavy (non-hydrogen) atoms. The molecule has 1 amide bonds. The zero-order chi connectivity index (χ0) is 20.1. The summed E-state index contributed by atoms with van der Waals surface area (Å²) < 4.78 is 21.3. The van der Waals surface area contributed by atoms with Gasteiger partial charge >= 0.3 is 0 Å². The highest BCUT2D eigenvalue weighted by Gasteiger charge is 2.23. The number of non-ortho nitro benzene ring substituents is 1. The Morgan fingerprint density at radius 3 is 2.79 bits per heavy atom. The van der Waals surface area contributed by atoms with E-state index in [1.807, 2.05) is 0 Å². The number of hydrogen-bond acceptors (Lipinski definition) is 5. The SMILES string of the molecule is Cn1ccnc1C(NC(=O)COc1cccc([N+](=O)[O-])c1)c1ccccc1F. The number of aryl methyl sites for hydroxylation is 1. The minimum atomic E-state index is -0.817. The van der Waals surface area contributed by atoms with Crippen LogP contribution in [-0.2, 0) is 11.8 Å². The highest BCUT2D eigenvalue weighted by molar-refractivity contribution is 5.78. The second kappa shape index (κ2) is 8.30. The van der Waals surface area contributed by atoms with Crippen molar-refractivity contribution in [2.45, 2.75) is 6.04 Å². The first-order valence-corrected chi connectivity index (χ1v) is 8.34. The number of nitrogens with zero attached hydrogens (tertiary/aromatic N) is 3. The lowest BCUT2D eigenvalue weighted by Crippen LogP contribution is -2.35. The smallest absolute Gasteiger partial charge is 0.273 e. The van der Waals surface area contributed by atoms with Crippen molar-refractivity contribution in [1.82, 2.24) is 14.9 Å². The minimum absolute atomic E-state index is 0.143. The van der Waals surface area contributed by atoms with Crippen molar-refractivity contribution >= 4 is 11.6 Å². The van der Waals surface area contributed by atoms with Gasteiger partial charge in [0.05, 0.1) is 11.0 Å². The van der Waals surface area contributed by atoms with Gasteiger partial charge < -0.3 is 14.6 Å². The fraction of sp³-hybridized carbons (Fsp3) is 0.158. The Kier molecular flexibility index (Phi) is 5.64. The van der Waals surface area contributed by atoms with Gasteiger partial charge in [0.2, 0.25) is 0 Å². The van der Waals surface area contributed by atoms with Crippen LogP contribution in [0, 0.1) is 15.9 Å². The van der Waals surface area contributed by atoms with Crippen molar-refractivity contribution in [2.24, 2.45) is 7.05 Å². The van der Waals surface area contributed by atoms with E-state index in [-0.39, 0.29) is 17.0 Å². The molecule has 3 rings (SSSR count). The summed E-state index contributed by atoms with van der Waals surface area (Å²) in [4.78, 5) is 26.9. The standard InChI is InChI=1S/C19H17FN4O4/c1-23-10-9-21-19(23)18(15-7-2-3-8-16(15)20)22-17(25)12-28-14-6-4-5-13(11-14)24(26)27/h2-11,18H,12H2,1H3,(H,22,25). The number of carbonyl (C=O) groups is 1. The van der Waals surface area contributed by atoms with Crippen molar-refractivity contribution < 1.29 is 18.8 Å². The summed E-state index contributed by atoms with van der Waals surface area (Å²) in [6.45, 7) is -0.392. The Hall–Kier alpha value is -3.75. The maximum Gasteiger partial charge on any atom is 0.273 e. The molecule has 0 bridgehead atoms. The lowest BCUT2D eigenvalue weighted by Gasteiger charge is -2.19. The number of amides is 1. The lowest BCUT2D eigenvalue weighted by molar-refractivity contribution is -0.384. The van der Waals surface area contributed by atoms with Crippen LogP contribution in [0.2, 0.25) is 0 Å². The zero-order valence-corrected chi connectivity index (χ0v) is 14.9. The van der Waals surface area contributed by atoms with Gasteiger partial charge in [-0.3, -0.25) is 14.9 Å². The fourth-order valence-corrected chi connectivity index (χ4v) is 2.68. The Bertz CT molecular complexity index is 1000. The first-order chi connectivity index (χ1) is 13.5. The van der Waals surface area contributed by atoms with Gasteiger partial charge in [-0.25, -0.2) is 9.37 Å². The van der Waals surface area contributed by atoms with Crippen molar-refractivity contribution in [2.75, 3.05) is 6.61 Å². The number of rotatable bonds is 7. The van der Waals surface area contributed by atoms with E-state index in [9.17, 15) is 19.3 Å². The lowest BCUT2D eigenvalue weighted by atomic mass is 10.1. The Labute approximate surface area is 159 Å². The molecule has 0 saturated carbocycles. The molecule has 0 spiro atoms. The topological polar surface area (TPSA) is 99.3 Å². The summed E-state index contributed by atoms with van der Waals surface area (Å²) in [5.74, 6) is -0.365. The number of benzene rings is 2. The average Bonchev–Trinajstić information content (AvgIpc) is 3.11. The molecule has 144 valence electrons. The third kappa shape index (κ3) is 4.32. The maximum atomic E-state index is 14.3. The van der Waals surface area contributed by atoms with Crippen molar-refractivity contribution in [1.29, 1.82) is 0 Å². The number of nitro groups is 1. The summed E-state index contributed by atoms with van der Waals surface area (Å²) in [6.07, 6.45) is 3.24. The molecule has 1 unspecified atom stereocenters. The zero-order valence-electron chi connectivity index (χ0n) is 14.9. The molecule has 3 aromatic rings. The fourth-order valence-electron chi connectivity index (χ4n) is 2.68. The Morgan fingerprint density at radius 1 is 1.32 bits per heavy atom. The van der Waals surface area contributed by atoms with Crippen LogP contribution in [0.1, 0.15) is 17.4 Å². The normalized spacial score (nSPS) is 11.6. The van der Waals surface area contributed by atoms with Crippen LogP contribution in [0.4, 0.5) is 10.1 Å². The first-order valence-electron chi connectivity index (χ1n) is 8.34. The van der Waals surface area contributed by atoms with Crippen molar-refractivity contribution in [3.63, 3.8) is 0 Å². The molecule has 1 heterocycles. The molecule has 0 radical (unpaired) electrons. The largest absolute Gasteiger partial charge is 0.484 e. The number of halogens is 1. The Morgan fingerprint density at radius 2 is 2.11 bits per heavy atom. The van der Waals surface area contributed by atoms with Crippen LogP contribution >= 0.6 is 0 Å². The quantitative estimate of drug-likeness (QED) is 0.499. The number of nitro benzene ring substituents is 1. The highest BCUT2D eigenvalue weighted by atomic mass is 19.1. The van der Waals surface area contributed by atoms with Gasteiger partial charge in [0, 0.05) is 31.1 Å². The van der Waals surface area contributed by atoms with Crippen LogP contribution in [-0.4, -0.2) is 27.0 Å². The summed E-state index contributed by atoms with van der Waals surface area (Å²) in [5.41, 5.74) is 0.121. The van der Waals surface area contributed by atoms with Gasteiger partial charge in [0.1, 0.15) is 23.4 Å². The predicted molar refractivity (Wildman–Crippen MR) is 98.2 cm³/mol. The number of carbonyl (C=O) groups excluding carboxylic acids is 1.